The van der Waals surface area contributed by atoms with E-state index in [0.717, 1.165) is 5.69 Å². The van der Waals surface area contributed by atoms with Gasteiger partial charge in [-0.3, -0.25) is 4.79 Å². The molecule has 0 radical (unpaired) electrons. The van der Waals surface area contributed by atoms with Gasteiger partial charge in [0.1, 0.15) is 17.4 Å². The Labute approximate surface area is 164 Å². The minimum Gasteiger partial charge on any atom is -0.493 e. The molecule has 0 unspecified atom stereocenters. The van der Waals surface area contributed by atoms with Crippen LogP contribution in [-0.2, 0) is 7.05 Å². The molecular weight excluding hydrogens is 414 g/mol. The van der Waals surface area contributed by atoms with Crippen LogP contribution in [0.4, 0.5) is 0 Å². The fourth-order valence-electron chi connectivity index (χ4n) is 3.18. The molecule has 1 aliphatic rings. The fourth-order valence-corrected chi connectivity index (χ4v) is 3.80. The number of nitrogens with zero attached hydrogens (tertiary/aromatic N) is 2. The van der Waals surface area contributed by atoms with Crippen molar-refractivity contribution in [3.63, 3.8) is 0 Å². The summed E-state index contributed by atoms with van der Waals surface area (Å²) >= 11 is 3.46. The van der Waals surface area contributed by atoms with Crippen molar-refractivity contribution in [2.24, 2.45) is 12.8 Å². The summed E-state index contributed by atoms with van der Waals surface area (Å²) in [5.41, 5.74) is 7.65. The zero-order chi connectivity index (χ0) is 19.9. The van der Waals surface area contributed by atoms with E-state index < -0.39 is 5.92 Å². The molecule has 0 saturated carbocycles. The molecule has 8 heteroatoms. The third-order valence-electron chi connectivity index (χ3n) is 4.64. The number of aromatic nitrogens is 1. The molecule has 0 spiro atoms. The number of hydrogen-bond donors (Lipinski definition) is 1. The van der Waals surface area contributed by atoms with Crippen molar-refractivity contribution < 1.29 is 14.2 Å². The Hall–Kier alpha value is -2.92. The molecule has 0 amide bonds. The van der Waals surface area contributed by atoms with E-state index in [9.17, 15) is 10.1 Å². The summed E-state index contributed by atoms with van der Waals surface area (Å²) in [6.45, 7) is 1.80. The van der Waals surface area contributed by atoms with Crippen LogP contribution in [0.15, 0.2) is 38.9 Å². The minimum atomic E-state index is -0.686. The zero-order valence-electron chi connectivity index (χ0n) is 15.3. The van der Waals surface area contributed by atoms with Crippen LogP contribution >= 0.6 is 15.9 Å². The first-order valence-electron chi connectivity index (χ1n) is 8.03. The second-order valence-corrected chi connectivity index (χ2v) is 6.95. The average Bonchev–Trinajstić information content (AvgIpc) is 2.64. The molecular formula is C19H18BrN3O4. The normalized spacial score (nSPS) is 15.6. The highest BCUT2D eigenvalue weighted by atomic mass is 79.9. The molecule has 2 N–H and O–H groups in total. The van der Waals surface area contributed by atoms with Gasteiger partial charge in [-0.15, -0.1) is 0 Å². The molecule has 0 fully saturated rings. The number of methoxy groups -OCH3 is 2. The Balaban J connectivity index is 2.36. The second kappa shape index (κ2) is 7.00. The van der Waals surface area contributed by atoms with Crippen molar-refractivity contribution in [1.82, 2.24) is 4.57 Å². The molecule has 2 aromatic rings. The van der Waals surface area contributed by atoms with Crippen molar-refractivity contribution in [2.45, 2.75) is 12.8 Å². The number of ether oxygens (including phenoxy) is 3. The van der Waals surface area contributed by atoms with Crippen LogP contribution in [0, 0.1) is 18.3 Å². The lowest BCUT2D eigenvalue weighted by atomic mass is 9.84. The molecule has 0 saturated heterocycles. The first-order chi connectivity index (χ1) is 12.8. The van der Waals surface area contributed by atoms with Crippen LogP contribution in [-0.4, -0.2) is 18.8 Å². The number of benzene rings is 1. The number of nitriles is 1. The molecule has 1 aromatic carbocycles. The lowest BCUT2D eigenvalue weighted by Gasteiger charge is -2.27. The molecule has 2 heterocycles. The van der Waals surface area contributed by atoms with Crippen molar-refractivity contribution in [3.8, 4) is 23.3 Å². The number of fused-ring (bicyclic) bond motifs is 1. The number of rotatable bonds is 3. The molecule has 1 aliphatic heterocycles. The highest BCUT2D eigenvalue weighted by Gasteiger charge is 2.35. The van der Waals surface area contributed by atoms with E-state index in [1.807, 2.05) is 0 Å². The lowest BCUT2D eigenvalue weighted by molar-refractivity contribution is 0.352. The van der Waals surface area contributed by atoms with Gasteiger partial charge >= 0.3 is 0 Å². The number of allylic oxidation sites excluding steroid dienone is 1. The number of nitrogens with two attached hydrogens (primary N) is 1. The summed E-state index contributed by atoms with van der Waals surface area (Å²) in [4.78, 5) is 13.0. The molecule has 1 atom stereocenters. The molecule has 0 bridgehead atoms. The van der Waals surface area contributed by atoms with Crippen molar-refractivity contribution in [2.75, 3.05) is 14.2 Å². The Morgan fingerprint density at radius 2 is 2.00 bits per heavy atom. The Morgan fingerprint density at radius 1 is 1.30 bits per heavy atom. The van der Waals surface area contributed by atoms with E-state index in [1.165, 1.54) is 18.8 Å². The number of hydrogen-bond acceptors (Lipinski definition) is 6. The quantitative estimate of drug-likeness (QED) is 0.801. The maximum Gasteiger partial charge on any atom is 0.258 e. The maximum absolute atomic E-state index is 13.0. The third kappa shape index (κ3) is 2.94. The fraction of sp³-hybridized carbons (Fsp3) is 0.263. The molecule has 140 valence electrons. The summed E-state index contributed by atoms with van der Waals surface area (Å²) in [5, 5.41) is 9.69. The SMILES string of the molecule is COc1cc([C@H]2C(C#N)=C(N)Oc3cc(C)n(C)c(=O)c32)cc(Br)c1OC. The van der Waals surface area contributed by atoms with Crippen LogP contribution in [0.5, 0.6) is 17.2 Å². The first-order valence-corrected chi connectivity index (χ1v) is 8.82. The highest BCUT2D eigenvalue weighted by Crippen LogP contribution is 2.45. The molecule has 1 aromatic heterocycles. The summed E-state index contributed by atoms with van der Waals surface area (Å²) in [6.07, 6.45) is 0. The summed E-state index contributed by atoms with van der Waals surface area (Å²) in [6, 6.07) is 7.33. The molecule has 0 aliphatic carbocycles. The van der Waals surface area contributed by atoms with Gasteiger partial charge in [-0.1, -0.05) is 0 Å². The van der Waals surface area contributed by atoms with Gasteiger partial charge in [0.25, 0.3) is 5.56 Å². The number of aryl methyl sites for hydroxylation is 1. The van der Waals surface area contributed by atoms with Gasteiger partial charge in [-0.2, -0.15) is 5.26 Å². The Bertz CT molecular complexity index is 1070. The Morgan fingerprint density at radius 3 is 2.59 bits per heavy atom. The van der Waals surface area contributed by atoms with Crippen LogP contribution in [0.2, 0.25) is 0 Å². The van der Waals surface area contributed by atoms with Gasteiger partial charge in [-0.05, 0) is 40.5 Å². The van der Waals surface area contributed by atoms with E-state index in [-0.39, 0.29) is 17.0 Å². The monoisotopic (exact) mass is 431 g/mol. The van der Waals surface area contributed by atoms with Gasteiger partial charge in [0, 0.05) is 18.8 Å². The van der Waals surface area contributed by atoms with Crippen LogP contribution in [0.25, 0.3) is 0 Å². The van der Waals surface area contributed by atoms with Crippen LogP contribution in [0.3, 0.4) is 0 Å². The van der Waals surface area contributed by atoms with Gasteiger partial charge in [0.05, 0.1) is 30.2 Å². The largest absolute Gasteiger partial charge is 0.493 e. The van der Waals surface area contributed by atoms with E-state index in [4.69, 9.17) is 19.9 Å². The standard InChI is InChI=1S/C19H18BrN3O4/c1-9-5-13-16(19(24)23(9)2)15(11(8-21)18(22)27-13)10-6-12(20)17(26-4)14(7-10)25-3/h5-7,15H,22H2,1-4H3/t15-/m0/s1. The van der Waals surface area contributed by atoms with Crippen LogP contribution in [0.1, 0.15) is 22.7 Å². The van der Waals surface area contributed by atoms with Crippen molar-refractivity contribution in [3.05, 3.63) is 61.3 Å². The van der Waals surface area contributed by atoms with Crippen molar-refractivity contribution in [1.29, 1.82) is 5.26 Å². The predicted octanol–water partition coefficient (Wildman–Crippen LogP) is 2.69. The molecule has 3 rings (SSSR count). The zero-order valence-corrected chi connectivity index (χ0v) is 16.9. The average molecular weight is 432 g/mol. The topological polar surface area (TPSA) is 99.5 Å². The summed E-state index contributed by atoms with van der Waals surface area (Å²) in [5.74, 6) is 0.626. The molecule has 27 heavy (non-hydrogen) atoms. The minimum absolute atomic E-state index is 0.0199. The van der Waals surface area contributed by atoms with Gasteiger partial charge in [0.15, 0.2) is 11.5 Å². The smallest absolute Gasteiger partial charge is 0.258 e. The highest BCUT2D eigenvalue weighted by molar-refractivity contribution is 9.10. The Kier molecular flexibility index (Phi) is 4.89. The van der Waals surface area contributed by atoms with E-state index in [1.54, 1.807) is 32.2 Å². The van der Waals surface area contributed by atoms with Crippen LogP contribution < -0.4 is 25.5 Å². The lowest BCUT2D eigenvalue weighted by Crippen LogP contribution is -2.31. The predicted molar refractivity (Wildman–Crippen MR) is 103 cm³/mol. The van der Waals surface area contributed by atoms with E-state index >= 15 is 0 Å². The van der Waals surface area contributed by atoms with Crippen molar-refractivity contribution >= 4 is 15.9 Å². The maximum atomic E-state index is 13.0. The summed E-state index contributed by atoms with van der Waals surface area (Å²) in [7, 11) is 4.72. The number of pyridine rings is 1. The first kappa shape index (κ1) is 18.9. The molecule has 7 nitrogen and oxygen atoms in total. The van der Waals surface area contributed by atoms with Gasteiger partial charge in [0.2, 0.25) is 5.88 Å². The second-order valence-electron chi connectivity index (χ2n) is 6.09. The third-order valence-corrected chi connectivity index (χ3v) is 5.23. The summed E-state index contributed by atoms with van der Waals surface area (Å²) < 4.78 is 18.5. The number of halogens is 1. The van der Waals surface area contributed by atoms with Gasteiger partial charge < -0.3 is 24.5 Å². The van der Waals surface area contributed by atoms with E-state index in [0.29, 0.717) is 32.8 Å². The van der Waals surface area contributed by atoms with Gasteiger partial charge in [-0.25, -0.2) is 0 Å². The van der Waals surface area contributed by atoms with E-state index in [2.05, 4.69) is 22.0 Å².